The highest BCUT2D eigenvalue weighted by Crippen LogP contribution is 2.15. The van der Waals surface area contributed by atoms with Gasteiger partial charge in [0.05, 0.1) is 0 Å². The van der Waals surface area contributed by atoms with Crippen molar-refractivity contribution >= 4 is 0 Å². The molecule has 0 aromatic carbocycles. The van der Waals surface area contributed by atoms with Crippen LogP contribution in [0.4, 0.5) is 0 Å². The lowest BCUT2D eigenvalue weighted by molar-refractivity contribution is 0.571. The van der Waals surface area contributed by atoms with E-state index in [1.807, 2.05) is 6.08 Å². The second-order valence-corrected chi connectivity index (χ2v) is 2.96. The summed E-state index contributed by atoms with van der Waals surface area (Å²) in [6, 6.07) is 0. The molecule has 11 heavy (non-hydrogen) atoms. The summed E-state index contributed by atoms with van der Waals surface area (Å²) in [5.74, 6) is 0.569. The van der Waals surface area contributed by atoms with Gasteiger partial charge in [0.15, 0.2) is 0 Å². The fraction of sp³-hybridized carbons (Fsp3) is 0.600. The van der Waals surface area contributed by atoms with E-state index < -0.39 is 0 Å². The smallest absolute Gasteiger partial charge is 0.00773 e. The summed E-state index contributed by atoms with van der Waals surface area (Å²) in [5.41, 5.74) is 6.52. The second kappa shape index (κ2) is 6.17. The van der Waals surface area contributed by atoms with E-state index in [9.17, 15) is 0 Å². The van der Waals surface area contributed by atoms with E-state index in [-0.39, 0.29) is 0 Å². The Bertz CT molecular complexity index is 127. The van der Waals surface area contributed by atoms with Gasteiger partial charge in [-0.1, -0.05) is 38.2 Å². The lowest BCUT2D eigenvalue weighted by Gasteiger charge is -2.09. The van der Waals surface area contributed by atoms with Crippen LogP contribution in [0.25, 0.3) is 0 Å². The molecule has 0 aliphatic carbocycles. The molecule has 0 saturated carbocycles. The standard InChI is InChI=1S/C10H19N/c1-4-9(2)10(3)7-5-6-8-11/h4,10H,1-2,5-8,11H2,3H3. The summed E-state index contributed by atoms with van der Waals surface area (Å²) >= 11 is 0. The molecule has 1 unspecified atom stereocenters. The van der Waals surface area contributed by atoms with Crippen LogP contribution < -0.4 is 5.73 Å². The minimum absolute atomic E-state index is 0.569. The summed E-state index contributed by atoms with van der Waals surface area (Å²) in [4.78, 5) is 0. The Labute approximate surface area is 70.0 Å². The van der Waals surface area contributed by atoms with E-state index in [0.29, 0.717) is 5.92 Å². The Balaban J connectivity index is 3.43. The van der Waals surface area contributed by atoms with E-state index in [0.717, 1.165) is 18.5 Å². The zero-order valence-electron chi connectivity index (χ0n) is 7.47. The molecule has 0 aliphatic heterocycles. The molecule has 2 N–H and O–H groups in total. The van der Waals surface area contributed by atoms with Crippen molar-refractivity contribution in [1.82, 2.24) is 0 Å². The van der Waals surface area contributed by atoms with Crippen molar-refractivity contribution in [3.05, 3.63) is 24.8 Å². The average molecular weight is 153 g/mol. The maximum atomic E-state index is 5.38. The topological polar surface area (TPSA) is 26.0 Å². The van der Waals surface area contributed by atoms with Gasteiger partial charge in [-0.2, -0.15) is 0 Å². The van der Waals surface area contributed by atoms with Crippen molar-refractivity contribution in [3.8, 4) is 0 Å². The molecule has 0 aromatic rings. The number of nitrogens with two attached hydrogens (primary N) is 1. The molecular weight excluding hydrogens is 134 g/mol. The van der Waals surface area contributed by atoms with Gasteiger partial charge in [0.2, 0.25) is 0 Å². The molecule has 0 rings (SSSR count). The lowest BCUT2D eigenvalue weighted by Crippen LogP contribution is -2.01. The Morgan fingerprint density at radius 1 is 1.55 bits per heavy atom. The predicted molar refractivity (Wildman–Crippen MR) is 51.4 cm³/mol. The minimum atomic E-state index is 0.569. The van der Waals surface area contributed by atoms with Gasteiger partial charge < -0.3 is 5.73 Å². The Morgan fingerprint density at radius 2 is 2.18 bits per heavy atom. The van der Waals surface area contributed by atoms with Gasteiger partial charge in [0.1, 0.15) is 0 Å². The van der Waals surface area contributed by atoms with Crippen LogP contribution >= 0.6 is 0 Å². The van der Waals surface area contributed by atoms with Crippen molar-refractivity contribution in [2.24, 2.45) is 11.7 Å². The third-order valence-electron chi connectivity index (χ3n) is 1.99. The first-order valence-corrected chi connectivity index (χ1v) is 4.23. The molecule has 0 bridgehead atoms. The molecule has 0 aliphatic rings. The van der Waals surface area contributed by atoms with Crippen molar-refractivity contribution in [2.75, 3.05) is 6.54 Å². The highest BCUT2D eigenvalue weighted by Gasteiger charge is 2.01. The summed E-state index contributed by atoms with van der Waals surface area (Å²) in [5, 5.41) is 0. The fourth-order valence-corrected chi connectivity index (χ4v) is 0.981. The van der Waals surface area contributed by atoms with Crippen molar-refractivity contribution in [2.45, 2.75) is 26.2 Å². The van der Waals surface area contributed by atoms with Gasteiger partial charge in [-0.05, 0) is 25.3 Å². The Morgan fingerprint density at radius 3 is 2.64 bits per heavy atom. The molecule has 0 heterocycles. The van der Waals surface area contributed by atoms with Crippen LogP contribution in [0.15, 0.2) is 24.8 Å². The first-order valence-electron chi connectivity index (χ1n) is 4.23. The first kappa shape index (κ1) is 10.4. The third-order valence-corrected chi connectivity index (χ3v) is 1.99. The van der Waals surface area contributed by atoms with Crippen LogP contribution in [0.3, 0.4) is 0 Å². The van der Waals surface area contributed by atoms with E-state index in [2.05, 4.69) is 20.1 Å². The van der Waals surface area contributed by atoms with Crippen LogP contribution in [0, 0.1) is 5.92 Å². The summed E-state index contributed by atoms with van der Waals surface area (Å²) in [6.07, 6.45) is 5.34. The Kier molecular flexibility index (Phi) is 5.86. The SMILES string of the molecule is C=CC(=C)C(C)CCCCN. The highest BCUT2D eigenvalue weighted by molar-refractivity contribution is 5.13. The van der Waals surface area contributed by atoms with Crippen LogP contribution in [-0.4, -0.2) is 6.54 Å². The quantitative estimate of drug-likeness (QED) is 0.460. The maximum absolute atomic E-state index is 5.38. The zero-order valence-corrected chi connectivity index (χ0v) is 7.47. The number of rotatable bonds is 6. The summed E-state index contributed by atoms with van der Waals surface area (Å²) in [6.45, 7) is 10.6. The summed E-state index contributed by atoms with van der Waals surface area (Å²) in [7, 11) is 0. The van der Waals surface area contributed by atoms with Crippen LogP contribution in [-0.2, 0) is 0 Å². The van der Waals surface area contributed by atoms with Gasteiger partial charge in [-0.25, -0.2) is 0 Å². The predicted octanol–water partition coefficient (Wildman–Crippen LogP) is 2.49. The van der Waals surface area contributed by atoms with Gasteiger partial charge >= 0.3 is 0 Å². The molecule has 0 saturated heterocycles. The third kappa shape index (κ3) is 4.79. The molecular formula is C10H19N. The van der Waals surface area contributed by atoms with Gasteiger partial charge in [0, 0.05) is 0 Å². The molecule has 0 spiro atoms. The van der Waals surface area contributed by atoms with Gasteiger partial charge in [0.25, 0.3) is 0 Å². The molecule has 0 fully saturated rings. The minimum Gasteiger partial charge on any atom is -0.330 e. The molecule has 1 nitrogen and oxygen atoms in total. The van der Waals surface area contributed by atoms with E-state index >= 15 is 0 Å². The maximum Gasteiger partial charge on any atom is -0.00773 e. The molecule has 64 valence electrons. The van der Waals surface area contributed by atoms with Crippen LogP contribution in [0.1, 0.15) is 26.2 Å². The van der Waals surface area contributed by atoms with Crippen molar-refractivity contribution < 1.29 is 0 Å². The Hall–Kier alpha value is -0.560. The normalized spacial score (nSPS) is 12.5. The van der Waals surface area contributed by atoms with Crippen molar-refractivity contribution in [3.63, 3.8) is 0 Å². The first-order chi connectivity index (χ1) is 5.22. The lowest BCUT2D eigenvalue weighted by atomic mass is 9.97. The van der Waals surface area contributed by atoms with E-state index in [4.69, 9.17) is 5.73 Å². The van der Waals surface area contributed by atoms with E-state index in [1.54, 1.807) is 0 Å². The number of allylic oxidation sites excluding steroid dienone is 2. The van der Waals surface area contributed by atoms with Crippen molar-refractivity contribution in [1.29, 1.82) is 0 Å². The average Bonchev–Trinajstić information content (AvgIpc) is 2.03. The van der Waals surface area contributed by atoms with E-state index in [1.165, 1.54) is 12.8 Å². The largest absolute Gasteiger partial charge is 0.330 e. The van der Waals surface area contributed by atoms with Crippen LogP contribution in [0.5, 0.6) is 0 Å². The monoisotopic (exact) mass is 153 g/mol. The number of hydrogen-bond acceptors (Lipinski definition) is 1. The number of unbranched alkanes of at least 4 members (excludes halogenated alkanes) is 1. The molecule has 0 aromatic heterocycles. The fourth-order valence-electron chi connectivity index (χ4n) is 0.981. The molecule has 1 atom stereocenters. The van der Waals surface area contributed by atoms with Gasteiger partial charge in [-0.3, -0.25) is 0 Å². The second-order valence-electron chi connectivity index (χ2n) is 2.96. The molecule has 0 radical (unpaired) electrons. The highest BCUT2D eigenvalue weighted by atomic mass is 14.5. The van der Waals surface area contributed by atoms with Gasteiger partial charge in [-0.15, -0.1) is 0 Å². The zero-order chi connectivity index (χ0) is 8.69. The molecule has 0 amide bonds. The van der Waals surface area contributed by atoms with Crippen LogP contribution in [0.2, 0.25) is 0 Å². The summed E-state index contributed by atoms with van der Waals surface area (Å²) < 4.78 is 0. The molecule has 1 heteroatoms. The number of hydrogen-bond donors (Lipinski definition) is 1.